The van der Waals surface area contributed by atoms with Crippen LogP contribution in [0.25, 0.3) is 0 Å². The van der Waals surface area contributed by atoms with Gasteiger partial charge >= 0.3 is 0 Å². The van der Waals surface area contributed by atoms with E-state index in [9.17, 15) is 4.79 Å². The lowest BCUT2D eigenvalue weighted by Gasteiger charge is -2.37. The van der Waals surface area contributed by atoms with E-state index >= 15 is 0 Å². The van der Waals surface area contributed by atoms with Gasteiger partial charge in [-0.25, -0.2) is 0 Å². The van der Waals surface area contributed by atoms with Gasteiger partial charge in [0.1, 0.15) is 0 Å². The third-order valence-electron chi connectivity index (χ3n) is 5.04. The summed E-state index contributed by atoms with van der Waals surface area (Å²) >= 11 is 6.16. The van der Waals surface area contributed by atoms with Crippen LogP contribution in [-0.2, 0) is 19.7 Å². The second-order valence-electron chi connectivity index (χ2n) is 6.52. The van der Waals surface area contributed by atoms with Crippen LogP contribution in [0.5, 0.6) is 0 Å². The predicted octanol–water partition coefficient (Wildman–Crippen LogP) is 3.07. The molecule has 5 heteroatoms. The average Bonchev–Trinajstić information content (AvgIpc) is 3.10. The highest BCUT2D eigenvalue weighted by atomic mass is 35.5. The summed E-state index contributed by atoms with van der Waals surface area (Å²) in [5.74, 6) is 0.0612. The molecule has 126 valence electrons. The van der Waals surface area contributed by atoms with Crippen LogP contribution >= 0.6 is 11.6 Å². The van der Waals surface area contributed by atoms with Crippen LogP contribution in [0.4, 0.5) is 0 Å². The first-order valence-electron chi connectivity index (χ1n) is 8.38. The van der Waals surface area contributed by atoms with E-state index in [4.69, 9.17) is 21.1 Å². The highest BCUT2D eigenvalue weighted by Gasteiger charge is 2.42. The molecular weight excluding hydrogens is 314 g/mol. The molecule has 3 rings (SSSR count). The Kier molecular flexibility index (Phi) is 5.24. The molecule has 0 aromatic heterocycles. The summed E-state index contributed by atoms with van der Waals surface area (Å²) in [4.78, 5) is 13.1. The van der Waals surface area contributed by atoms with Crippen molar-refractivity contribution in [3.8, 4) is 0 Å². The molecule has 1 N–H and O–H groups in total. The largest absolute Gasteiger partial charge is 0.381 e. The van der Waals surface area contributed by atoms with Crippen molar-refractivity contribution in [3.05, 3.63) is 34.9 Å². The van der Waals surface area contributed by atoms with Gasteiger partial charge in [-0.2, -0.15) is 0 Å². The molecule has 4 nitrogen and oxygen atoms in total. The van der Waals surface area contributed by atoms with Crippen molar-refractivity contribution in [2.75, 3.05) is 19.8 Å². The zero-order valence-electron chi connectivity index (χ0n) is 13.5. The predicted molar refractivity (Wildman–Crippen MR) is 89.8 cm³/mol. The summed E-state index contributed by atoms with van der Waals surface area (Å²) < 4.78 is 11.2. The molecule has 0 saturated carbocycles. The standard InChI is InChI=1S/C18H24ClNO3/c1-13(16-6-3-9-23-16)20-17(21)18(7-10-22-11-8-18)14-4-2-5-15(19)12-14/h2,4-5,12-13,16H,3,6-11H2,1H3,(H,20,21)/t13-,16+/m0/s1. The Hall–Kier alpha value is -1.10. The number of carbonyl (C=O) groups is 1. The van der Waals surface area contributed by atoms with E-state index in [-0.39, 0.29) is 18.1 Å². The fourth-order valence-corrected chi connectivity index (χ4v) is 3.78. The minimum absolute atomic E-state index is 0.0175. The third kappa shape index (κ3) is 3.54. The summed E-state index contributed by atoms with van der Waals surface area (Å²) in [6, 6.07) is 7.66. The zero-order valence-corrected chi connectivity index (χ0v) is 14.3. The molecule has 2 heterocycles. The van der Waals surface area contributed by atoms with Gasteiger partial charge in [0.25, 0.3) is 0 Å². The third-order valence-corrected chi connectivity index (χ3v) is 5.27. The second-order valence-corrected chi connectivity index (χ2v) is 6.95. The van der Waals surface area contributed by atoms with Crippen molar-refractivity contribution in [1.29, 1.82) is 0 Å². The zero-order chi connectivity index (χ0) is 16.3. The van der Waals surface area contributed by atoms with Crippen LogP contribution < -0.4 is 5.32 Å². The number of carbonyl (C=O) groups excluding carboxylic acids is 1. The molecule has 0 bridgehead atoms. The normalized spacial score (nSPS) is 25.0. The van der Waals surface area contributed by atoms with Crippen molar-refractivity contribution < 1.29 is 14.3 Å². The number of benzene rings is 1. The maximum atomic E-state index is 13.1. The first-order valence-corrected chi connectivity index (χ1v) is 8.76. The summed E-state index contributed by atoms with van der Waals surface area (Å²) in [6.45, 7) is 4.00. The van der Waals surface area contributed by atoms with E-state index in [0.29, 0.717) is 31.1 Å². The topological polar surface area (TPSA) is 47.6 Å². The van der Waals surface area contributed by atoms with Gasteiger partial charge in [0.15, 0.2) is 0 Å². The lowest BCUT2D eigenvalue weighted by molar-refractivity contribution is -0.132. The van der Waals surface area contributed by atoms with Crippen LogP contribution in [0, 0.1) is 0 Å². The van der Waals surface area contributed by atoms with Crippen LogP contribution in [0.2, 0.25) is 5.02 Å². The molecule has 23 heavy (non-hydrogen) atoms. The number of rotatable bonds is 4. The van der Waals surface area contributed by atoms with Gasteiger partial charge in [0.2, 0.25) is 5.91 Å². The first kappa shape index (κ1) is 16.7. The van der Waals surface area contributed by atoms with Crippen LogP contribution in [0.3, 0.4) is 0 Å². The molecule has 2 fully saturated rings. The molecule has 2 atom stereocenters. The lowest BCUT2D eigenvalue weighted by atomic mass is 9.73. The Labute approximate surface area is 142 Å². The van der Waals surface area contributed by atoms with Crippen molar-refractivity contribution >= 4 is 17.5 Å². The number of amides is 1. The molecule has 1 aromatic carbocycles. The van der Waals surface area contributed by atoms with E-state index in [2.05, 4.69) is 5.32 Å². The van der Waals surface area contributed by atoms with Crippen LogP contribution in [0.1, 0.15) is 38.2 Å². The van der Waals surface area contributed by atoms with Crippen molar-refractivity contribution in [1.82, 2.24) is 5.32 Å². The quantitative estimate of drug-likeness (QED) is 0.918. The second kappa shape index (κ2) is 7.20. The molecule has 0 radical (unpaired) electrons. The molecule has 0 spiro atoms. The molecule has 1 aromatic rings. The molecular formula is C18H24ClNO3. The van der Waals surface area contributed by atoms with Gasteiger partial charge in [-0.15, -0.1) is 0 Å². The molecule has 1 amide bonds. The van der Waals surface area contributed by atoms with Gasteiger partial charge < -0.3 is 14.8 Å². The van der Waals surface area contributed by atoms with Gasteiger partial charge in [0.05, 0.1) is 17.6 Å². The van der Waals surface area contributed by atoms with E-state index in [0.717, 1.165) is 25.0 Å². The number of halogens is 1. The number of nitrogens with one attached hydrogen (secondary N) is 1. The molecule has 2 aliphatic heterocycles. The van der Waals surface area contributed by atoms with Crippen molar-refractivity contribution in [2.45, 2.75) is 50.2 Å². The van der Waals surface area contributed by atoms with E-state index in [1.54, 1.807) is 0 Å². The van der Waals surface area contributed by atoms with Crippen molar-refractivity contribution in [3.63, 3.8) is 0 Å². The minimum atomic E-state index is -0.560. The molecule has 2 aliphatic rings. The maximum Gasteiger partial charge on any atom is 0.231 e. The van der Waals surface area contributed by atoms with Crippen LogP contribution in [-0.4, -0.2) is 37.9 Å². The van der Waals surface area contributed by atoms with Gasteiger partial charge in [-0.05, 0) is 50.3 Å². The Balaban J connectivity index is 1.81. The fraction of sp³-hybridized carbons (Fsp3) is 0.611. The number of hydrogen-bond acceptors (Lipinski definition) is 3. The summed E-state index contributed by atoms with van der Waals surface area (Å²) in [5.41, 5.74) is 0.418. The van der Waals surface area contributed by atoms with Gasteiger partial charge in [-0.1, -0.05) is 23.7 Å². The van der Waals surface area contributed by atoms with E-state index < -0.39 is 5.41 Å². The summed E-state index contributed by atoms with van der Waals surface area (Å²) in [7, 11) is 0. The Morgan fingerprint density at radius 1 is 1.35 bits per heavy atom. The SMILES string of the molecule is C[C@H](NC(=O)C1(c2cccc(Cl)c2)CCOCC1)[C@H]1CCCO1. The summed E-state index contributed by atoms with van der Waals surface area (Å²) in [5, 5.41) is 3.85. The minimum Gasteiger partial charge on any atom is -0.381 e. The van der Waals surface area contributed by atoms with E-state index in [1.807, 2.05) is 31.2 Å². The summed E-state index contributed by atoms with van der Waals surface area (Å²) in [6.07, 6.45) is 3.55. The lowest BCUT2D eigenvalue weighted by Crippen LogP contribution is -2.52. The maximum absolute atomic E-state index is 13.1. The highest BCUT2D eigenvalue weighted by Crippen LogP contribution is 2.36. The Morgan fingerprint density at radius 3 is 2.78 bits per heavy atom. The fourth-order valence-electron chi connectivity index (χ4n) is 3.59. The molecule has 0 aliphatic carbocycles. The van der Waals surface area contributed by atoms with Gasteiger partial charge in [0, 0.05) is 24.8 Å². The number of hydrogen-bond donors (Lipinski definition) is 1. The highest BCUT2D eigenvalue weighted by molar-refractivity contribution is 6.30. The Bertz CT molecular complexity index is 551. The van der Waals surface area contributed by atoms with Gasteiger partial charge in [-0.3, -0.25) is 4.79 Å². The Morgan fingerprint density at radius 2 is 2.13 bits per heavy atom. The first-order chi connectivity index (χ1) is 11.1. The molecule has 2 saturated heterocycles. The monoisotopic (exact) mass is 337 g/mol. The van der Waals surface area contributed by atoms with E-state index in [1.165, 1.54) is 0 Å². The number of ether oxygens (including phenoxy) is 2. The average molecular weight is 338 g/mol. The molecule has 0 unspecified atom stereocenters. The van der Waals surface area contributed by atoms with Crippen molar-refractivity contribution in [2.24, 2.45) is 0 Å². The smallest absolute Gasteiger partial charge is 0.231 e. The van der Waals surface area contributed by atoms with Crippen LogP contribution in [0.15, 0.2) is 24.3 Å².